The Hall–Kier alpha value is -0.0800. The standard InChI is InChI=1S/C15H30N2/c1-12-13(2)17(10-9-15(12)16-3)11-14-7-5-4-6-8-14/h12-16H,4-11H2,1-3H3. The van der Waals surface area contributed by atoms with Crippen LogP contribution in [-0.4, -0.2) is 37.1 Å². The quantitative estimate of drug-likeness (QED) is 0.813. The third kappa shape index (κ3) is 3.23. The minimum absolute atomic E-state index is 0.729. The van der Waals surface area contributed by atoms with Gasteiger partial charge in [-0.3, -0.25) is 0 Å². The molecule has 0 bridgehead atoms. The number of rotatable bonds is 3. The van der Waals surface area contributed by atoms with Crippen LogP contribution in [0.25, 0.3) is 0 Å². The fourth-order valence-corrected chi connectivity index (χ4v) is 3.81. The summed E-state index contributed by atoms with van der Waals surface area (Å²) in [5, 5.41) is 3.48. The van der Waals surface area contributed by atoms with Crippen LogP contribution in [0.5, 0.6) is 0 Å². The van der Waals surface area contributed by atoms with Crippen LogP contribution in [0, 0.1) is 11.8 Å². The van der Waals surface area contributed by atoms with Crippen molar-refractivity contribution in [3.8, 4) is 0 Å². The van der Waals surface area contributed by atoms with E-state index in [-0.39, 0.29) is 0 Å². The monoisotopic (exact) mass is 238 g/mol. The van der Waals surface area contributed by atoms with Crippen LogP contribution in [0.15, 0.2) is 0 Å². The van der Waals surface area contributed by atoms with E-state index in [1.165, 1.54) is 51.6 Å². The predicted molar refractivity (Wildman–Crippen MR) is 74.2 cm³/mol. The fraction of sp³-hybridized carbons (Fsp3) is 1.00. The predicted octanol–water partition coefficient (Wildman–Crippen LogP) is 2.89. The zero-order valence-corrected chi connectivity index (χ0v) is 11.9. The second kappa shape index (κ2) is 6.19. The summed E-state index contributed by atoms with van der Waals surface area (Å²) in [5.74, 6) is 1.78. The van der Waals surface area contributed by atoms with Gasteiger partial charge in [-0.05, 0) is 51.6 Å². The molecule has 2 fully saturated rings. The van der Waals surface area contributed by atoms with E-state index >= 15 is 0 Å². The van der Waals surface area contributed by atoms with Crippen LogP contribution in [0.4, 0.5) is 0 Å². The normalized spacial score (nSPS) is 37.2. The van der Waals surface area contributed by atoms with Crippen molar-refractivity contribution in [1.82, 2.24) is 10.2 Å². The Kier molecular flexibility index (Phi) is 4.87. The maximum absolute atomic E-state index is 3.48. The molecule has 2 rings (SSSR count). The van der Waals surface area contributed by atoms with Gasteiger partial charge in [0.2, 0.25) is 0 Å². The van der Waals surface area contributed by atoms with Crippen LogP contribution in [0.1, 0.15) is 52.4 Å². The molecule has 17 heavy (non-hydrogen) atoms. The van der Waals surface area contributed by atoms with Crippen LogP contribution >= 0.6 is 0 Å². The summed E-state index contributed by atoms with van der Waals surface area (Å²) in [6.07, 6.45) is 8.71. The maximum atomic E-state index is 3.48. The third-order valence-electron chi connectivity index (χ3n) is 5.29. The van der Waals surface area contributed by atoms with Crippen LogP contribution in [0.3, 0.4) is 0 Å². The van der Waals surface area contributed by atoms with Gasteiger partial charge in [-0.15, -0.1) is 0 Å². The van der Waals surface area contributed by atoms with Crippen molar-refractivity contribution in [2.45, 2.75) is 64.5 Å². The van der Waals surface area contributed by atoms with Gasteiger partial charge in [0.1, 0.15) is 0 Å². The molecule has 3 unspecified atom stereocenters. The van der Waals surface area contributed by atoms with E-state index in [9.17, 15) is 0 Å². The first-order valence-corrected chi connectivity index (χ1v) is 7.63. The SMILES string of the molecule is CNC1CCN(CC2CCCCC2)C(C)C1C. The number of nitrogens with one attached hydrogen (secondary N) is 1. The minimum atomic E-state index is 0.729. The largest absolute Gasteiger partial charge is 0.317 e. The molecule has 3 atom stereocenters. The molecular weight excluding hydrogens is 208 g/mol. The molecule has 1 aliphatic heterocycles. The first kappa shape index (κ1) is 13.4. The highest BCUT2D eigenvalue weighted by Gasteiger charge is 2.32. The Morgan fingerprint density at radius 2 is 1.76 bits per heavy atom. The number of nitrogens with zero attached hydrogens (tertiary/aromatic N) is 1. The van der Waals surface area contributed by atoms with E-state index in [1.54, 1.807) is 0 Å². The zero-order chi connectivity index (χ0) is 12.3. The molecule has 0 aromatic heterocycles. The summed E-state index contributed by atoms with van der Waals surface area (Å²) in [4.78, 5) is 2.76. The number of hydrogen-bond acceptors (Lipinski definition) is 2. The van der Waals surface area contributed by atoms with Gasteiger partial charge in [-0.1, -0.05) is 26.2 Å². The summed E-state index contributed by atoms with van der Waals surface area (Å²) < 4.78 is 0. The first-order valence-electron chi connectivity index (χ1n) is 7.63. The van der Waals surface area contributed by atoms with Crippen molar-refractivity contribution < 1.29 is 0 Å². The minimum Gasteiger partial charge on any atom is -0.317 e. The van der Waals surface area contributed by atoms with Gasteiger partial charge in [0, 0.05) is 18.6 Å². The molecule has 0 amide bonds. The van der Waals surface area contributed by atoms with Gasteiger partial charge in [-0.25, -0.2) is 0 Å². The average Bonchev–Trinajstić information content (AvgIpc) is 2.37. The lowest BCUT2D eigenvalue weighted by Crippen LogP contribution is -2.53. The van der Waals surface area contributed by atoms with Crippen molar-refractivity contribution in [1.29, 1.82) is 0 Å². The molecule has 1 heterocycles. The molecule has 1 saturated carbocycles. The number of likely N-dealkylation sites (tertiary alicyclic amines) is 1. The Labute approximate surface area is 107 Å². The van der Waals surface area contributed by atoms with Gasteiger partial charge in [0.25, 0.3) is 0 Å². The topological polar surface area (TPSA) is 15.3 Å². The number of piperidine rings is 1. The van der Waals surface area contributed by atoms with Crippen LogP contribution in [-0.2, 0) is 0 Å². The molecule has 2 nitrogen and oxygen atoms in total. The van der Waals surface area contributed by atoms with Gasteiger partial charge >= 0.3 is 0 Å². The van der Waals surface area contributed by atoms with Crippen molar-refractivity contribution in [2.24, 2.45) is 11.8 Å². The van der Waals surface area contributed by atoms with Gasteiger partial charge in [-0.2, -0.15) is 0 Å². The zero-order valence-electron chi connectivity index (χ0n) is 11.9. The van der Waals surface area contributed by atoms with E-state index in [0.717, 1.165) is 23.9 Å². The summed E-state index contributed by atoms with van der Waals surface area (Å²) in [6.45, 7) is 7.51. The van der Waals surface area contributed by atoms with E-state index in [0.29, 0.717) is 0 Å². The lowest BCUT2D eigenvalue weighted by molar-refractivity contribution is 0.0661. The van der Waals surface area contributed by atoms with Crippen molar-refractivity contribution in [3.05, 3.63) is 0 Å². The fourth-order valence-electron chi connectivity index (χ4n) is 3.81. The second-order valence-electron chi connectivity index (χ2n) is 6.28. The molecule has 0 radical (unpaired) electrons. The Morgan fingerprint density at radius 3 is 2.41 bits per heavy atom. The molecule has 1 saturated heterocycles. The molecule has 2 aliphatic rings. The summed E-state index contributed by atoms with van der Waals surface area (Å²) >= 11 is 0. The summed E-state index contributed by atoms with van der Waals surface area (Å²) in [6, 6.07) is 1.48. The lowest BCUT2D eigenvalue weighted by atomic mass is 9.84. The molecule has 1 N–H and O–H groups in total. The molecule has 100 valence electrons. The number of hydrogen-bond donors (Lipinski definition) is 1. The first-order chi connectivity index (χ1) is 8.22. The summed E-state index contributed by atoms with van der Waals surface area (Å²) in [5.41, 5.74) is 0. The van der Waals surface area contributed by atoms with E-state index in [4.69, 9.17) is 0 Å². The Balaban J connectivity index is 1.84. The molecule has 2 heteroatoms. The maximum Gasteiger partial charge on any atom is 0.0117 e. The van der Waals surface area contributed by atoms with Gasteiger partial charge in [0.15, 0.2) is 0 Å². The Bertz CT molecular complexity index is 223. The molecule has 0 aromatic carbocycles. The van der Waals surface area contributed by atoms with E-state index in [1.807, 2.05) is 0 Å². The van der Waals surface area contributed by atoms with Gasteiger partial charge in [0.05, 0.1) is 0 Å². The third-order valence-corrected chi connectivity index (χ3v) is 5.29. The highest BCUT2D eigenvalue weighted by Crippen LogP contribution is 2.29. The molecule has 1 aliphatic carbocycles. The highest BCUT2D eigenvalue weighted by molar-refractivity contribution is 4.89. The van der Waals surface area contributed by atoms with Crippen molar-refractivity contribution in [2.75, 3.05) is 20.1 Å². The van der Waals surface area contributed by atoms with Crippen molar-refractivity contribution >= 4 is 0 Å². The van der Waals surface area contributed by atoms with Crippen molar-refractivity contribution in [3.63, 3.8) is 0 Å². The Morgan fingerprint density at radius 1 is 1.06 bits per heavy atom. The smallest absolute Gasteiger partial charge is 0.0117 e. The molecule has 0 aromatic rings. The molecule has 0 spiro atoms. The van der Waals surface area contributed by atoms with Gasteiger partial charge < -0.3 is 10.2 Å². The summed E-state index contributed by atoms with van der Waals surface area (Å²) in [7, 11) is 2.12. The second-order valence-corrected chi connectivity index (χ2v) is 6.28. The van der Waals surface area contributed by atoms with E-state index < -0.39 is 0 Å². The van der Waals surface area contributed by atoms with Crippen LogP contribution in [0.2, 0.25) is 0 Å². The lowest BCUT2D eigenvalue weighted by Gasteiger charge is -2.44. The van der Waals surface area contributed by atoms with E-state index in [2.05, 4.69) is 31.1 Å². The van der Waals surface area contributed by atoms with Crippen LogP contribution < -0.4 is 5.32 Å². The molecular formula is C15H30N2. The highest BCUT2D eigenvalue weighted by atomic mass is 15.2. The average molecular weight is 238 g/mol.